The third-order valence-corrected chi connectivity index (χ3v) is 16.5. The van der Waals surface area contributed by atoms with Gasteiger partial charge in [0, 0.05) is 77.7 Å². The van der Waals surface area contributed by atoms with Crippen LogP contribution in [0.5, 0.6) is 0 Å². The van der Waals surface area contributed by atoms with E-state index in [1.165, 1.54) is 121 Å². The molecule has 15 aromatic rings. The van der Waals surface area contributed by atoms with Crippen molar-refractivity contribution < 1.29 is 0 Å². The van der Waals surface area contributed by atoms with Crippen molar-refractivity contribution in [1.29, 1.82) is 0 Å². The van der Waals surface area contributed by atoms with Gasteiger partial charge in [0.15, 0.2) is 0 Å². The first kappa shape index (κ1) is 38.5. The van der Waals surface area contributed by atoms with Crippen LogP contribution in [-0.4, -0.2) is 18.3 Å². The second-order valence-corrected chi connectivity index (χ2v) is 19.9. The van der Waals surface area contributed by atoms with Crippen molar-refractivity contribution >= 4 is 87.2 Å². The van der Waals surface area contributed by atoms with Crippen molar-refractivity contribution in [3.8, 4) is 22.7 Å². The molecule has 0 radical (unpaired) electrons. The van der Waals surface area contributed by atoms with Gasteiger partial charge in [0.1, 0.15) is 0 Å². The van der Waals surface area contributed by atoms with Gasteiger partial charge in [0.2, 0.25) is 0 Å². The first-order chi connectivity index (χ1) is 35.8. The predicted octanol–water partition coefficient (Wildman–Crippen LogP) is 17.1. The van der Waals surface area contributed by atoms with Gasteiger partial charge in [0.05, 0.1) is 44.1 Å². The molecule has 0 spiro atoms. The Morgan fingerprint density at radius 3 is 0.875 bits per heavy atom. The minimum absolute atomic E-state index is 0.0231. The Labute approximate surface area is 414 Å². The highest BCUT2D eigenvalue weighted by Gasteiger charge is 2.44. The number of para-hydroxylation sites is 6. The molecule has 4 aromatic heterocycles. The fourth-order valence-corrected chi connectivity index (χ4v) is 13.8. The summed E-state index contributed by atoms with van der Waals surface area (Å²) >= 11 is 0. The molecule has 4 heteroatoms. The Bertz CT molecular complexity index is 4450. The molecule has 11 aromatic carbocycles. The molecule has 0 unspecified atom stereocenters. The Balaban J connectivity index is 0.908. The van der Waals surface area contributed by atoms with Crippen LogP contribution in [-0.2, 0) is 0 Å². The van der Waals surface area contributed by atoms with E-state index in [1.54, 1.807) is 0 Å². The molecule has 4 nitrogen and oxygen atoms in total. The molecule has 334 valence electrons. The van der Waals surface area contributed by atoms with Crippen LogP contribution in [0.2, 0.25) is 0 Å². The molecule has 4 heterocycles. The fourth-order valence-electron chi connectivity index (χ4n) is 13.8. The molecule has 0 aliphatic heterocycles. The molecule has 72 heavy (non-hydrogen) atoms. The largest absolute Gasteiger partial charge is 0.309 e. The van der Waals surface area contributed by atoms with Gasteiger partial charge in [0.25, 0.3) is 0 Å². The van der Waals surface area contributed by atoms with Crippen molar-refractivity contribution in [2.45, 2.75) is 11.8 Å². The molecule has 0 saturated carbocycles. The summed E-state index contributed by atoms with van der Waals surface area (Å²) in [7, 11) is 0. The van der Waals surface area contributed by atoms with Crippen molar-refractivity contribution in [3.05, 3.63) is 276 Å². The molecular weight excluding hydrogens is 873 g/mol. The summed E-state index contributed by atoms with van der Waals surface area (Å²) in [5.41, 5.74) is 22.9. The smallest absolute Gasteiger partial charge is 0.0544 e. The van der Waals surface area contributed by atoms with Crippen LogP contribution in [0.4, 0.5) is 0 Å². The van der Waals surface area contributed by atoms with Gasteiger partial charge in [-0.1, -0.05) is 158 Å². The lowest BCUT2D eigenvalue weighted by Gasteiger charge is -2.43. The average Bonchev–Trinajstić information content (AvgIpc) is 4.18. The summed E-state index contributed by atoms with van der Waals surface area (Å²) in [4.78, 5) is 0. The quantitative estimate of drug-likeness (QED) is 0.168. The second kappa shape index (κ2) is 14.1. The van der Waals surface area contributed by atoms with Crippen molar-refractivity contribution in [3.63, 3.8) is 0 Å². The highest BCUT2D eigenvalue weighted by Crippen LogP contribution is 2.60. The molecule has 18 rings (SSSR count). The van der Waals surface area contributed by atoms with E-state index in [0.29, 0.717) is 0 Å². The van der Waals surface area contributed by atoms with Gasteiger partial charge < -0.3 is 18.3 Å². The fraction of sp³-hybridized carbons (Fsp3) is 0.0294. The lowest BCUT2D eigenvalue weighted by molar-refractivity contribution is 0.768. The maximum absolute atomic E-state index is 2.52. The highest BCUT2D eigenvalue weighted by molar-refractivity contribution is 6.16. The number of hydrogen-bond acceptors (Lipinski definition) is 0. The van der Waals surface area contributed by atoms with Gasteiger partial charge in [-0.3, -0.25) is 0 Å². The van der Waals surface area contributed by atoms with Crippen molar-refractivity contribution in [2.24, 2.45) is 0 Å². The van der Waals surface area contributed by atoms with Crippen LogP contribution in [0.25, 0.3) is 110 Å². The number of benzene rings is 11. The van der Waals surface area contributed by atoms with E-state index in [2.05, 4.69) is 261 Å². The highest BCUT2D eigenvalue weighted by atomic mass is 15.0. The Morgan fingerprint density at radius 2 is 0.500 bits per heavy atom. The van der Waals surface area contributed by atoms with Crippen LogP contribution in [0.15, 0.2) is 243 Å². The number of rotatable bonds is 4. The zero-order chi connectivity index (χ0) is 46.8. The molecular formula is C68H42N4. The lowest BCUT2D eigenvalue weighted by atomic mass is 9.59. The van der Waals surface area contributed by atoms with Gasteiger partial charge in [-0.05, 0) is 118 Å². The molecule has 0 amide bonds. The SMILES string of the molecule is c1cc(-n2c3ccccc3c3ccccc32)cc(-n2c3ccccc3c3c4c(ccc32)C2c3ccccc3C4c3c2ccc2c3c3ccccc3n2-c2cccc(-n3c4ccccc4c4ccccc43)c2)c1. The first-order valence-electron chi connectivity index (χ1n) is 25.2. The van der Waals surface area contributed by atoms with E-state index in [4.69, 9.17) is 0 Å². The Hall–Kier alpha value is -9.38. The zero-order valence-corrected chi connectivity index (χ0v) is 39.0. The van der Waals surface area contributed by atoms with E-state index in [9.17, 15) is 0 Å². The third-order valence-electron chi connectivity index (χ3n) is 16.5. The first-order valence-corrected chi connectivity index (χ1v) is 25.2. The van der Waals surface area contributed by atoms with Crippen molar-refractivity contribution in [2.75, 3.05) is 0 Å². The van der Waals surface area contributed by atoms with Gasteiger partial charge >= 0.3 is 0 Å². The lowest BCUT2D eigenvalue weighted by Crippen LogP contribution is -2.28. The summed E-state index contributed by atoms with van der Waals surface area (Å²) in [5, 5.41) is 10.3. The van der Waals surface area contributed by atoms with Gasteiger partial charge in [-0.25, -0.2) is 0 Å². The average molecular weight is 915 g/mol. The molecule has 2 bridgehead atoms. The molecule has 0 fully saturated rings. The summed E-state index contributed by atoms with van der Waals surface area (Å²) in [5.74, 6) is 0.126. The topological polar surface area (TPSA) is 19.7 Å². The van der Waals surface area contributed by atoms with Crippen LogP contribution in [0.1, 0.15) is 45.2 Å². The van der Waals surface area contributed by atoms with Crippen LogP contribution >= 0.6 is 0 Å². The third kappa shape index (κ3) is 4.90. The van der Waals surface area contributed by atoms with E-state index in [-0.39, 0.29) is 11.8 Å². The summed E-state index contributed by atoms with van der Waals surface area (Å²) in [6.07, 6.45) is 0. The van der Waals surface area contributed by atoms with Crippen LogP contribution in [0, 0.1) is 0 Å². The minimum atomic E-state index is 0.0231. The second-order valence-electron chi connectivity index (χ2n) is 19.9. The maximum atomic E-state index is 2.52. The number of fused-ring (bicyclic) bond motifs is 12. The number of hydrogen-bond donors (Lipinski definition) is 0. The Morgan fingerprint density at radius 1 is 0.208 bits per heavy atom. The predicted molar refractivity (Wildman–Crippen MR) is 299 cm³/mol. The summed E-state index contributed by atoms with van der Waals surface area (Å²) in [6.45, 7) is 0. The van der Waals surface area contributed by atoms with E-state index in [0.717, 1.165) is 22.7 Å². The number of nitrogens with zero attached hydrogens (tertiary/aromatic N) is 4. The van der Waals surface area contributed by atoms with Gasteiger partial charge in [-0.2, -0.15) is 0 Å². The molecule has 3 aliphatic carbocycles. The van der Waals surface area contributed by atoms with Crippen LogP contribution < -0.4 is 0 Å². The maximum Gasteiger partial charge on any atom is 0.0544 e. The summed E-state index contributed by atoms with van der Waals surface area (Å²) < 4.78 is 9.90. The molecule has 3 aliphatic rings. The molecule has 0 atom stereocenters. The normalized spacial score (nSPS) is 14.9. The standard InChI is InChI=1S/C68H42N4/c1-2-26-50-49(25-1)63-53-35-37-61-64(51-27-7-13-33-59(51)71(61)43-19-15-17-41(39-43)69-55-29-9-3-21-45(55)46-22-4-10-30-56(46)69)67(53)66(50)68-54(63)36-38-62-65(68)52-28-8-14-34-60(52)72(62)44-20-16-18-42(40-44)70-57-31-11-5-23-47(57)48-24-6-12-32-58(48)70/h1-40,63,66H. The van der Waals surface area contributed by atoms with Crippen LogP contribution in [0.3, 0.4) is 0 Å². The van der Waals surface area contributed by atoms with E-state index in [1.807, 2.05) is 0 Å². The Kier molecular flexibility index (Phi) is 7.55. The van der Waals surface area contributed by atoms with Crippen molar-refractivity contribution in [1.82, 2.24) is 18.3 Å². The number of aromatic nitrogens is 4. The zero-order valence-electron chi connectivity index (χ0n) is 39.0. The van der Waals surface area contributed by atoms with E-state index >= 15 is 0 Å². The monoisotopic (exact) mass is 914 g/mol. The van der Waals surface area contributed by atoms with Gasteiger partial charge in [-0.15, -0.1) is 0 Å². The molecule has 0 N–H and O–H groups in total. The van der Waals surface area contributed by atoms with E-state index < -0.39 is 0 Å². The molecule has 0 saturated heterocycles. The minimum Gasteiger partial charge on any atom is -0.309 e. The summed E-state index contributed by atoms with van der Waals surface area (Å²) in [6, 6.07) is 90.7.